The Balaban J connectivity index is 1.64. The Morgan fingerprint density at radius 2 is 1.80 bits per heavy atom. The topological polar surface area (TPSA) is 66.9 Å². The molecule has 132 valence electrons. The summed E-state index contributed by atoms with van der Waals surface area (Å²) in [4.78, 5) is 21.4. The lowest BCUT2D eigenvalue weighted by molar-refractivity contribution is 0.0928. The third-order valence-corrected chi connectivity index (χ3v) is 4.57. The fourth-order valence-corrected chi connectivity index (χ4v) is 3.22. The molecule has 25 heavy (non-hydrogen) atoms. The molecule has 1 amide bonds. The van der Waals surface area contributed by atoms with Crippen LogP contribution in [-0.4, -0.2) is 21.9 Å². The van der Waals surface area contributed by atoms with Crippen molar-refractivity contribution in [2.45, 2.75) is 58.0 Å². The Morgan fingerprint density at radius 3 is 2.52 bits per heavy atom. The van der Waals surface area contributed by atoms with Gasteiger partial charge in [-0.1, -0.05) is 56.0 Å². The molecule has 0 aliphatic heterocycles. The average molecular weight is 338 g/mol. The Bertz CT molecular complexity index is 694. The van der Waals surface area contributed by atoms with Crippen LogP contribution in [0.4, 0.5) is 5.95 Å². The first-order chi connectivity index (χ1) is 12.2. The standard InChI is InChI=1S/C20H26N4O/c1-15-13-18(19(25)23-17-11-7-2-3-8-12-17)24-20(22-15)21-14-16-9-5-4-6-10-16/h4-6,9-10,13,17H,2-3,7-8,11-12,14H2,1H3,(H,23,25)(H,21,22,24). The highest BCUT2D eigenvalue weighted by Gasteiger charge is 2.17. The predicted octanol–water partition coefficient (Wildman–Crippen LogP) is 3.85. The SMILES string of the molecule is Cc1cc(C(=O)NC2CCCCCC2)nc(NCc2ccccc2)n1. The van der Waals surface area contributed by atoms with E-state index < -0.39 is 0 Å². The highest BCUT2D eigenvalue weighted by molar-refractivity contribution is 5.92. The predicted molar refractivity (Wildman–Crippen MR) is 99.5 cm³/mol. The first-order valence-corrected chi connectivity index (χ1v) is 9.15. The zero-order valence-electron chi connectivity index (χ0n) is 14.8. The molecule has 2 N–H and O–H groups in total. The molecule has 1 saturated carbocycles. The summed E-state index contributed by atoms with van der Waals surface area (Å²) in [5, 5.41) is 6.35. The van der Waals surface area contributed by atoms with Gasteiger partial charge in [0.25, 0.3) is 5.91 Å². The van der Waals surface area contributed by atoms with Crippen LogP contribution in [0.3, 0.4) is 0 Å². The van der Waals surface area contributed by atoms with E-state index in [0.29, 0.717) is 18.2 Å². The molecule has 1 aliphatic rings. The van der Waals surface area contributed by atoms with Crippen molar-refractivity contribution in [3.05, 3.63) is 53.3 Å². The van der Waals surface area contributed by atoms with E-state index in [0.717, 1.165) is 24.1 Å². The fraction of sp³-hybridized carbons (Fsp3) is 0.450. The number of anilines is 1. The number of nitrogens with zero attached hydrogens (tertiary/aromatic N) is 2. The number of rotatable bonds is 5. The molecular formula is C20H26N4O. The first kappa shape index (κ1) is 17.4. The number of carbonyl (C=O) groups is 1. The van der Waals surface area contributed by atoms with Crippen LogP contribution in [0.5, 0.6) is 0 Å². The molecule has 1 aliphatic carbocycles. The van der Waals surface area contributed by atoms with Gasteiger partial charge in [-0.05, 0) is 31.4 Å². The summed E-state index contributed by atoms with van der Waals surface area (Å²) in [6, 6.07) is 12.1. The van der Waals surface area contributed by atoms with Gasteiger partial charge in [0, 0.05) is 18.3 Å². The zero-order valence-corrected chi connectivity index (χ0v) is 14.8. The van der Waals surface area contributed by atoms with E-state index in [1.807, 2.05) is 37.3 Å². The second kappa shape index (κ2) is 8.60. The van der Waals surface area contributed by atoms with Crippen molar-refractivity contribution >= 4 is 11.9 Å². The molecule has 0 unspecified atom stereocenters. The van der Waals surface area contributed by atoms with Gasteiger partial charge in [0.1, 0.15) is 5.69 Å². The van der Waals surface area contributed by atoms with Gasteiger partial charge < -0.3 is 10.6 Å². The summed E-state index contributed by atoms with van der Waals surface area (Å²) < 4.78 is 0. The molecule has 1 aromatic carbocycles. The van der Waals surface area contributed by atoms with Crippen LogP contribution in [0.25, 0.3) is 0 Å². The minimum absolute atomic E-state index is 0.0971. The maximum atomic E-state index is 12.6. The summed E-state index contributed by atoms with van der Waals surface area (Å²) in [5.41, 5.74) is 2.38. The van der Waals surface area contributed by atoms with Crippen molar-refractivity contribution in [1.29, 1.82) is 0 Å². The van der Waals surface area contributed by atoms with Crippen molar-refractivity contribution in [3.63, 3.8) is 0 Å². The summed E-state index contributed by atoms with van der Waals surface area (Å²) in [6.45, 7) is 2.52. The summed E-state index contributed by atoms with van der Waals surface area (Å²) in [7, 11) is 0. The van der Waals surface area contributed by atoms with E-state index in [2.05, 4.69) is 20.6 Å². The van der Waals surface area contributed by atoms with E-state index in [1.165, 1.54) is 25.7 Å². The van der Waals surface area contributed by atoms with Crippen molar-refractivity contribution in [2.75, 3.05) is 5.32 Å². The Hall–Kier alpha value is -2.43. The monoisotopic (exact) mass is 338 g/mol. The lowest BCUT2D eigenvalue weighted by Crippen LogP contribution is -2.35. The molecule has 5 heteroatoms. The average Bonchev–Trinajstić information content (AvgIpc) is 2.89. The molecule has 0 atom stereocenters. The van der Waals surface area contributed by atoms with E-state index in [4.69, 9.17) is 0 Å². The molecule has 0 saturated heterocycles. The minimum Gasteiger partial charge on any atom is -0.350 e. The van der Waals surface area contributed by atoms with Gasteiger partial charge in [0.15, 0.2) is 0 Å². The van der Waals surface area contributed by atoms with E-state index >= 15 is 0 Å². The van der Waals surface area contributed by atoms with Crippen LogP contribution < -0.4 is 10.6 Å². The second-order valence-corrected chi connectivity index (χ2v) is 6.72. The lowest BCUT2D eigenvalue weighted by atomic mass is 10.1. The maximum Gasteiger partial charge on any atom is 0.270 e. The van der Waals surface area contributed by atoms with Gasteiger partial charge in [-0.2, -0.15) is 0 Å². The van der Waals surface area contributed by atoms with Crippen LogP contribution in [0, 0.1) is 6.92 Å². The number of hydrogen-bond acceptors (Lipinski definition) is 4. The quantitative estimate of drug-likeness (QED) is 0.813. The number of aromatic nitrogens is 2. The number of nitrogens with one attached hydrogen (secondary N) is 2. The van der Waals surface area contributed by atoms with Gasteiger partial charge in [-0.25, -0.2) is 9.97 Å². The molecular weight excluding hydrogens is 312 g/mol. The minimum atomic E-state index is -0.0971. The second-order valence-electron chi connectivity index (χ2n) is 6.72. The van der Waals surface area contributed by atoms with Crippen LogP contribution in [-0.2, 0) is 6.54 Å². The third kappa shape index (κ3) is 5.28. The Morgan fingerprint density at radius 1 is 1.08 bits per heavy atom. The van der Waals surface area contributed by atoms with Crippen LogP contribution >= 0.6 is 0 Å². The van der Waals surface area contributed by atoms with Crippen molar-refractivity contribution in [2.24, 2.45) is 0 Å². The van der Waals surface area contributed by atoms with Crippen LogP contribution in [0.15, 0.2) is 36.4 Å². The number of carbonyl (C=O) groups excluding carboxylic acids is 1. The molecule has 1 fully saturated rings. The number of aryl methyl sites for hydroxylation is 1. The zero-order chi connectivity index (χ0) is 17.5. The molecule has 0 bridgehead atoms. The fourth-order valence-electron chi connectivity index (χ4n) is 3.22. The largest absolute Gasteiger partial charge is 0.350 e. The molecule has 0 spiro atoms. The molecule has 3 rings (SSSR count). The maximum absolute atomic E-state index is 12.6. The number of amides is 1. The molecule has 5 nitrogen and oxygen atoms in total. The highest BCUT2D eigenvalue weighted by Crippen LogP contribution is 2.17. The van der Waals surface area contributed by atoms with Crippen LogP contribution in [0.2, 0.25) is 0 Å². The third-order valence-electron chi connectivity index (χ3n) is 4.57. The Labute approximate surface area is 149 Å². The van der Waals surface area contributed by atoms with E-state index in [9.17, 15) is 4.79 Å². The highest BCUT2D eigenvalue weighted by atomic mass is 16.1. The van der Waals surface area contributed by atoms with Crippen molar-refractivity contribution < 1.29 is 4.79 Å². The summed E-state index contributed by atoms with van der Waals surface area (Å²) in [6.07, 6.45) is 7.05. The lowest BCUT2D eigenvalue weighted by Gasteiger charge is -2.16. The normalized spacial score (nSPS) is 15.4. The van der Waals surface area contributed by atoms with Gasteiger partial charge >= 0.3 is 0 Å². The smallest absolute Gasteiger partial charge is 0.270 e. The number of benzene rings is 1. The number of hydrogen-bond donors (Lipinski definition) is 2. The Kier molecular flexibility index (Phi) is 5.99. The summed E-state index contributed by atoms with van der Waals surface area (Å²) >= 11 is 0. The van der Waals surface area contributed by atoms with Gasteiger partial charge in [0.2, 0.25) is 5.95 Å². The van der Waals surface area contributed by atoms with Crippen LogP contribution in [0.1, 0.15) is 60.3 Å². The van der Waals surface area contributed by atoms with Gasteiger partial charge in [-0.15, -0.1) is 0 Å². The molecule has 1 heterocycles. The van der Waals surface area contributed by atoms with E-state index in [-0.39, 0.29) is 11.9 Å². The molecule has 2 aromatic rings. The molecule has 0 radical (unpaired) electrons. The first-order valence-electron chi connectivity index (χ1n) is 9.15. The molecule has 1 aromatic heterocycles. The van der Waals surface area contributed by atoms with Gasteiger partial charge in [-0.3, -0.25) is 4.79 Å². The van der Waals surface area contributed by atoms with E-state index in [1.54, 1.807) is 6.07 Å². The van der Waals surface area contributed by atoms with Crippen molar-refractivity contribution in [3.8, 4) is 0 Å². The van der Waals surface area contributed by atoms with Gasteiger partial charge in [0.05, 0.1) is 0 Å². The summed E-state index contributed by atoms with van der Waals surface area (Å²) in [5.74, 6) is 0.398. The van der Waals surface area contributed by atoms with Crippen molar-refractivity contribution in [1.82, 2.24) is 15.3 Å².